The van der Waals surface area contributed by atoms with Crippen molar-refractivity contribution >= 4 is 0 Å². The molecule has 1 aromatic rings. The molecular formula is C14H22N2O. The Morgan fingerprint density at radius 2 is 2.12 bits per heavy atom. The van der Waals surface area contributed by atoms with E-state index in [9.17, 15) is 5.11 Å². The van der Waals surface area contributed by atoms with E-state index in [0.717, 1.165) is 26.1 Å². The monoisotopic (exact) mass is 234 g/mol. The molecule has 1 aliphatic rings. The van der Waals surface area contributed by atoms with Gasteiger partial charge in [0.15, 0.2) is 0 Å². The summed E-state index contributed by atoms with van der Waals surface area (Å²) in [5.41, 5.74) is 6.85. The Labute approximate surface area is 103 Å². The van der Waals surface area contributed by atoms with E-state index in [-0.39, 0.29) is 6.10 Å². The lowest BCUT2D eigenvalue weighted by Gasteiger charge is -2.17. The minimum atomic E-state index is -0.342. The Morgan fingerprint density at radius 3 is 2.82 bits per heavy atom. The van der Waals surface area contributed by atoms with Gasteiger partial charge < -0.3 is 15.7 Å². The predicted octanol–water partition coefficient (Wildman–Crippen LogP) is 1.19. The minimum Gasteiger partial charge on any atom is -0.392 e. The minimum absolute atomic E-state index is 0.342. The van der Waals surface area contributed by atoms with Gasteiger partial charge >= 0.3 is 0 Å². The van der Waals surface area contributed by atoms with Gasteiger partial charge in [-0.25, -0.2) is 0 Å². The van der Waals surface area contributed by atoms with Gasteiger partial charge in [-0.1, -0.05) is 30.3 Å². The maximum Gasteiger partial charge on any atom is 0.0674 e. The largest absolute Gasteiger partial charge is 0.392 e. The van der Waals surface area contributed by atoms with E-state index in [4.69, 9.17) is 5.73 Å². The number of nitrogens with zero attached hydrogens (tertiary/aromatic N) is 1. The fraction of sp³-hybridized carbons (Fsp3) is 0.571. The zero-order valence-electron chi connectivity index (χ0n) is 10.3. The van der Waals surface area contributed by atoms with Gasteiger partial charge in [0, 0.05) is 19.6 Å². The summed E-state index contributed by atoms with van der Waals surface area (Å²) < 4.78 is 0. The molecule has 0 saturated carbocycles. The second-order valence-electron chi connectivity index (χ2n) is 4.88. The van der Waals surface area contributed by atoms with Crippen LogP contribution in [0.4, 0.5) is 0 Å². The first-order valence-corrected chi connectivity index (χ1v) is 6.45. The standard InChI is InChI=1S/C14H22N2O/c15-10-14(17)7-9-16-8-6-13(11-16)12-4-2-1-3-5-12/h1-5,13-14,17H,6-11,15H2. The van der Waals surface area contributed by atoms with Crippen molar-refractivity contribution in [2.75, 3.05) is 26.2 Å². The van der Waals surface area contributed by atoms with Gasteiger partial charge in [-0.05, 0) is 30.9 Å². The maximum absolute atomic E-state index is 9.45. The first-order valence-electron chi connectivity index (χ1n) is 6.45. The number of hydrogen-bond acceptors (Lipinski definition) is 3. The normalized spacial score (nSPS) is 22.8. The lowest BCUT2D eigenvalue weighted by Crippen LogP contribution is -2.28. The lowest BCUT2D eigenvalue weighted by molar-refractivity contribution is 0.154. The first kappa shape index (κ1) is 12.6. The topological polar surface area (TPSA) is 49.5 Å². The Hall–Kier alpha value is -0.900. The van der Waals surface area contributed by atoms with Crippen LogP contribution in [0.25, 0.3) is 0 Å². The van der Waals surface area contributed by atoms with E-state index in [2.05, 4.69) is 35.2 Å². The molecule has 1 saturated heterocycles. The van der Waals surface area contributed by atoms with Crippen LogP contribution in [0, 0.1) is 0 Å². The Morgan fingerprint density at radius 1 is 1.35 bits per heavy atom. The molecule has 2 rings (SSSR count). The second-order valence-corrected chi connectivity index (χ2v) is 4.88. The number of aliphatic hydroxyl groups is 1. The molecule has 0 aromatic heterocycles. The molecule has 3 heteroatoms. The van der Waals surface area contributed by atoms with Crippen LogP contribution in [0.15, 0.2) is 30.3 Å². The zero-order chi connectivity index (χ0) is 12.1. The third-order valence-corrected chi connectivity index (χ3v) is 3.59. The number of rotatable bonds is 5. The van der Waals surface area contributed by atoms with Crippen LogP contribution >= 0.6 is 0 Å². The lowest BCUT2D eigenvalue weighted by atomic mass is 9.99. The Balaban J connectivity index is 1.80. The predicted molar refractivity (Wildman–Crippen MR) is 69.9 cm³/mol. The van der Waals surface area contributed by atoms with E-state index < -0.39 is 0 Å². The van der Waals surface area contributed by atoms with Crippen LogP contribution < -0.4 is 5.73 Å². The van der Waals surface area contributed by atoms with Crippen LogP contribution in [0.2, 0.25) is 0 Å². The van der Waals surface area contributed by atoms with Crippen molar-refractivity contribution in [2.24, 2.45) is 5.73 Å². The molecule has 94 valence electrons. The van der Waals surface area contributed by atoms with Gasteiger partial charge in [0.2, 0.25) is 0 Å². The molecule has 0 aliphatic carbocycles. The maximum atomic E-state index is 9.45. The number of hydrogen-bond donors (Lipinski definition) is 2. The van der Waals surface area contributed by atoms with Crippen LogP contribution in [0.1, 0.15) is 24.3 Å². The summed E-state index contributed by atoms with van der Waals surface area (Å²) in [6, 6.07) is 10.7. The molecule has 2 atom stereocenters. The summed E-state index contributed by atoms with van der Waals surface area (Å²) in [5.74, 6) is 0.659. The molecule has 2 unspecified atom stereocenters. The highest BCUT2D eigenvalue weighted by molar-refractivity contribution is 5.20. The van der Waals surface area contributed by atoms with E-state index in [1.54, 1.807) is 0 Å². The summed E-state index contributed by atoms with van der Waals surface area (Å²) >= 11 is 0. The fourth-order valence-electron chi connectivity index (χ4n) is 2.48. The van der Waals surface area contributed by atoms with E-state index in [1.807, 2.05) is 0 Å². The molecule has 1 aliphatic heterocycles. The molecule has 1 aromatic carbocycles. The van der Waals surface area contributed by atoms with E-state index >= 15 is 0 Å². The van der Waals surface area contributed by atoms with Crippen LogP contribution in [-0.4, -0.2) is 42.3 Å². The third kappa shape index (κ3) is 3.53. The molecule has 0 radical (unpaired) electrons. The van der Waals surface area contributed by atoms with Crippen molar-refractivity contribution < 1.29 is 5.11 Å². The van der Waals surface area contributed by atoms with Crippen molar-refractivity contribution in [1.82, 2.24) is 4.90 Å². The third-order valence-electron chi connectivity index (χ3n) is 3.59. The van der Waals surface area contributed by atoms with Gasteiger partial charge in [0.1, 0.15) is 0 Å². The molecule has 1 heterocycles. The SMILES string of the molecule is NCC(O)CCN1CCC(c2ccccc2)C1. The quantitative estimate of drug-likeness (QED) is 0.804. The Bertz CT molecular complexity index is 328. The molecule has 1 fully saturated rings. The van der Waals surface area contributed by atoms with Gasteiger partial charge in [-0.2, -0.15) is 0 Å². The molecule has 0 amide bonds. The molecule has 0 bridgehead atoms. The number of aliphatic hydroxyl groups excluding tert-OH is 1. The van der Waals surface area contributed by atoms with Crippen molar-refractivity contribution in [3.63, 3.8) is 0 Å². The molecule has 3 nitrogen and oxygen atoms in total. The van der Waals surface area contributed by atoms with Gasteiger partial charge in [-0.15, -0.1) is 0 Å². The fourth-order valence-corrected chi connectivity index (χ4v) is 2.48. The van der Waals surface area contributed by atoms with E-state index in [1.165, 1.54) is 12.0 Å². The van der Waals surface area contributed by atoms with Crippen molar-refractivity contribution in [3.05, 3.63) is 35.9 Å². The highest BCUT2D eigenvalue weighted by atomic mass is 16.3. The summed E-state index contributed by atoms with van der Waals surface area (Å²) in [7, 11) is 0. The second kappa shape index (κ2) is 6.15. The van der Waals surface area contributed by atoms with Crippen molar-refractivity contribution in [3.8, 4) is 0 Å². The average molecular weight is 234 g/mol. The average Bonchev–Trinajstić information content (AvgIpc) is 2.86. The van der Waals surface area contributed by atoms with Gasteiger partial charge in [0.25, 0.3) is 0 Å². The number of benzene rings is 1. The van der Waals surface area contributed by atoms with Gasteiger partial charge in [0.05, 0.1) is 6.10 Å². The zero-order valence-corrected chi connectivity index (χ0v) is 10.3. The number of likely N-dealkylation sites (tertiary alicyclic amines) is 1. The van der Waals surface area contributed by atoms with Crippen LogP contribution in [-0.2, 0) is 0 Å². The highest BCUT2D eigenvalue weighted by Crippen LogP contribution is 2.26. The molecule has 3 N–H and O–H groups in total. The summed E-state index contributed by atoms with van der Waals surface area (Å²) in [6.45, 7) is 3.58. The Kier molecular flexibility index (Phi) is 4.54. The van der Waals surface area contributed by atoms with Crippen molar-refractivity contribution in [1.29, 1.82) is 0 Å². The van der Waals surface area contributed by atoms with Crippen molar-refractivity contribution in [2.45, 2.75) is 24.9 Å². The first-order chi connectivity index (χ1) is 8.29. The summed E-state index contributed by atoms with van der Waals surface area (Å²) in [4.78, 5) is 2.43. The molecule has 17 heavy (non-hydrogen) atoms. The summed E-state index contributed by atoms with van der Waals surface area (Å²) in [5, 5.41) is 9.45. The molecule has 0 spiro atoms. The van der Waals surface area contributed by atoms with Crippen LogP contribution in [0.5, 0.6) is 0 Å². The van der Waals surface area contributed by atoms with Gasteiger partial charge in [-0.3, -0.25) is 0 Å². The molecular weight excluding hydrogens is 212 g/mol. The van der Waals surface area contributed by atoms with Crippen LogP contribution in [0.3, 0.4) is 0 Å². The smallest absolute Gasteiger partial charge is 0.0674 e. The summed E-state index contributed by atoms with van der Waals surface area (Å²) in [6.07, 6.45) is 1.67. The highest BCUT2D eigenvalue weighted by Gasteiger charge is 2.23. The van der Waals surface area contributed by atoms with E-state index in [0.29, 0.717) is 12.5 Å². The number of nitrogens with two attached hydrogens (primary N) is 1.